The fourth-order valence-electron chi connectivity index (χ4n) is 1.33. The molecule has 98 valence electrons. The standard InChI is InChI=1S/C10H12Cl2O3.C2H6/c1-13-10(14-2,15-3)7-4-8(11)6-9(12)5-7;1-2/h4-6H,1-3H3;1-2H3. The van der Waals surface area contributed by atoms with Crippen LogP contribution in [0.25, 0.3) is 0 Å². The molecule has 1 aromatic carbocycles. The molecule has 0 aliphatic heterocycles. The lowest BCUT2D eigenvalue weighted by atomic mass is 10.2. The zero-order valence-electron chi connectivity index (χ0n) is 10.7. The summed E-state index contributed by atoms with van der Waals surface area (Å²) in [4.78, 5) is 0. The summed E-state index contributed by atoms with van der Waals surface area (Å²) >= 11 is 11.8. The first kappa shape index (κ1) is 16.7. The molecule has 0 aliphatic carbocycles. The van der Waals surface area contributed by atoms with Crippen LogP contribution in [0.1, 0.15) is 19.4 Å². The lowest BCUT2D eigenvalue weighted by Crippen LogP contribution is -2.32. The van der Waals surface area contributed by atoms with Crippen LogP contribution in [0.2, 0.25) is 10.0 Å². The minimum Gasteiger partial charge on any atom is -0.327 e. The molecule has 1 aromatic rings. The number of methoxy groups -OCH3 is 3. The molecule has 0 N–H and O–H groups in total. The Labute approximate surface area is 113 Å². The van der Waals surface area contributed by atoms with Gasteiger partial charge in [0.1, 0.15) is 0 Å². The summed E-state index contributed by atoms with van der Waals surface area (Å²) in [6, 6.07) is 4.96. The Hall–Kier alpha value is -0.320. The van der Waals surface area contributed by atoms with Gasteiger partial charge in [0.05, 0.1) is 0 Å². The van der Waals surface area contributed by atoms with E-state index < -0.39 is 5.97 Å². The average molecular weight is 281 g/mol. The Kier molecular flexibility index (Phi) is 7.75. The highest BCUT2D eigenvalue weighted by molar-refractivity contribution is 6.34. The van der Waals surface area contributed by atoms with Gasteiger partial charge in [-0.05, 0) is 18.2 Å². The van der Waals surface area contributed by atoms with Crippen molar-refractivity contribution >= 4 is 23.2 Å². The molecule has 0 fully saturated rings. The maximum atomic E-state index is 5.88. The molecule has 0 aromatic heterocycles. The molecule has 0 radical (unpaired) electrons. The summed E-state index contributed by atoms with van der Waals surface area (Å²) in [6.45, 7) is 4.00. The minimum absolute atomic E-state index is 0.494. The minimum atomic E-state index is -1.27. The first-order valence-electron chi connectivity index (χ1n) is 5.20. The molecule has 0 bridgehead atoms. The Morgan fingerprint density at radius 2 is 1.18 bits per heavy atom. The summed E-state index contributed by atoms with van der Waals surface area (Å²) in [7, 11) is 4.42. The Morgan fingerprint density at radius 3 is 1.47 bits per heavy atom. The molecule has 0 spiro atoms. The predicted octanol–water partition coefficient (Wildman–Crippen LogP) is 4.07. The van der Waals surface area contributed by atoms with Gasteiger partial charge in [0.2, 0.25) is 0 Å². The number of halogens is 2. The van der Waals surface area contributed by atoms with Gasteiger partial charge in [0.15, 0.2) is 0 Å². The van der Waals surface area contributed by atoms with Crippen molar-refractivity contribution in [1.29, 1.82) is 0 Å². The third-order valence-corrected chi connectivity index (χ3v) is 2.46. The van der Waals surface area contributed by atoms with Gasteiger partial charge in [-0.2, -0.15) is 0 Å². The molecule has 3 nitrogen and oxygen atoms in total. The van der Waals surface area contributed by atoms with Gasteiger partial charge in [-0.3, -0.25) is 0 Å². The van der Waals surface area contributed by atoms with Gasteiger partial charge in [-0.1, -0.05) is 37.0 Å². The monoisotopic (exact) mass is 280 g/mol. The van der Waals surface area contributed by atoms with E-state index in [0.29, 0.717) is 15.6 Å². The van der Waals surface area contributed by atoms with Crippen LogP contribution in [-0.4, -0.2) is 21.3 Å². The smallest absolute Gasteiger partial charge is 0.311 e. The predicted molar refractivity (Wildman–Crippen MR) is 70.5 cm³/mol. The quantitative estimate of drug-likeness (QED) is 0.779. The Morgan fingerprint density at radius 1 is 0.824 bits per heavy atom. The number of hydrogen-bond donors (Lipinski definition) is 0. The average Bonchev–Trinajstić information content (AvgIpc) is 2.33. The molecular weight excluding hydrogens is 263 g/mol. The number of ether oxygens (including phenoxy) is 3. The third-order valence-electron chi connectivity index (χ3n) is 2.02. The van der Waals surface area contributed by atoms with Crippen molar-refractivity contribution in [2.45, 2.75) is 19.8 Å². The van der Waals surface area contributed by atoms with Gasteiger partial charge in [-0.15, -0.1) is 0 Å². The second-order valence-corrected chi connectivity index (χ2v) is 3.70. The van der Waals surface area contributed by atoms with Gasteiger partial charge >= 0.3 is 5.97 Å². The third kappa shape index (κ3) is 4.12. The van der Waals surface area contributed by atoms with Gasteiger partial charge in [-0.25, -0.2) is 0 Å². The van der Waals surface area contributed by atoms with Gasteiger partial charge in [0, 0.05) is 36.9 Å². The summed E-state index contributed by atoms with van der Waals surface area (Å²) < 4.78 is 15.5. The molecule has 0 aliphatic rings. The van der Waals surface area contributed by atoms with E-state index in [0.717, 1.165) is 0 Å². The molecule has 17 heavy (non-hydrogen) atoms. The van der Waals surface area contributed by atoms with Crippen molar-refractivity contribution < 1.29 is 14.2 Å². The van der Waals surface area contributed by atoms with E-state index in [9.17, 15) is 0 Å². The zero-order chi connectivity index (χ0) is 13.5. The fourth-order valence-corrected chi connectivity index (χ4v) is 1.86. The van der Waals surface area contributed by atoms with E-state index in [-0.39, 0.29) is 0 Å². The van der Waals surface area contributed by atoms with Crippen molar-refractivity contribution in [3.05, 3.63) is 33.8 Å². The van der Waals surface area contributed by atoms with E-state index >= 15 is 0 Å². The number of rotatable bonds is 4. The maximum Gasteiger partial charge on any atom is 0.311 e. The normalized spacial score (nSPS) is 10.8. The molecule has 1 rings (SSSR count). The second kappa shape index (κ2) is 7.90. The summed E-state index contributed by atoms with van der Waals surface area (Å²) in [5.41, 5.74) is 0.604. The van der Waals surface area contributed by atoms with E-state index in [1.165, 1.54) is 21.3 Å². The van der Waals surface area contributed by atoms with Crippen LogP contribution in [0, 0.1) is 0 Å². The largest absolute Gasteiger partial charge is 0.327 e. The van der Waals surface area contributed by atoms with E-state index in [2.05, 4.69) is 0 Å². The Bertz CT molecular complexity index is 310. The highest BCUT2D eigenvalue weighted by atomic mass is 35.5. The highest BCUT2D eigenvalue weighted by Crippen LogP contribution is 2.31. The summed E-state index contributed by atoms with van der Waals surface area (Å²) in [6.07, 6.45) is 0. The van der Waals surface area contributed by atoms with Crippen LogP contribution in [0.4, 0.5) is 0 Å². The summed E-state index contributed by atoms with van der Waals surface area (Å²) in [5, 5.41) is 0.987. The number of benzene rings is 1. The number of hydrogen-bond acceptors (Lipinski definition) is 3. The topological polar surface area (TPSA) is 27.7 Å². The first-order valence-corrected chi connectivity index (χ1v) is 5.95. The second-order valence-electron chi connectivity index (χ2n) is 2.83. The van der Waals surface area contributed by atoms with Crippen LogP contribution < -0.4 is 0 Å². The molecule has 0 unspecified atom stereocenters. The summed E-state index contributed by atoms with van der Waals surface area (Å²) in [5.74, 6) is -1.27. The van der Waals surface area contributed by atoms with Crippen LogP contribution in [0.5, 0.6) is 0 Å². The molecular formula is C12H18Cl2O3. The maximum absolute atomic E-state index is 5.88. The fraction of sp³-hybridized carbons (Fsp3) is 0.500. The van der Waals surface area contributed by atoms with Crippen LogP contribution in [-0.2, 0) is 20.2 Å². The van der Waals surface area contributed by atoms with Crippen molar-refractivity contribution in [1.82, 2.24) is 0 Å². The lowest BCUT2D eigenvalue weighted by molar-refractivity contribution is -0.364. The highest BCUT2D eigenvalue weighted by Gasteiger charge is 2.32. The molecule has 0 atom stereocenters. The van der Waals surface area contributed by atoms with E-state index in [4.69, 9.17) is 37.4 Å². The first-order chi connectivity index (χ1) is 8.07. The van der Waals surface area contributed by atoms with Crippen molar-refractivity contribution in [2.75, 3.05) is 21.3 Å². The van der Waals surface area contributed by atoms with Crippen LogP contribution in [0.3, 0.4) is 0 Å². The van der Waals surface area contributed by atoms with E-state index in [1.54, 1.807) is 18.2 Å². The molecule has 0 saturated heterocycles. The molecule has 0 saturated carbocycles. The Balaban J connectivity index is 0.00000121. The van der Waals surface area contributed by atoms with Gasteiger partial charge < -0.3 is 14.2 Å². The SMILES string of the molecule is CC.COC(OC)(OC)c1cc(Cl)cc(Cl)c1. The van der Waals surface area contributed by atoms with Crippen LogP contribution in [0.15, 0.2) is 18.2 Å². The van der Waals surface area contributed by atoms with Crippen molar-refractivity contribution in [2.24, 2.45) is 0 Å². The molecule has 0 amide bonds. The van der Waals surface area contributed by atoms with Crippen molar-refractivity contribution in [3.63, 3.8) is 0 Å². The van der Waals surface area contributed by atoms with Gasteiger partial charge in [0.25, 0.3) is 0 Å². The zero-order valence-corrected chi connectivity index (χ0v) is 12.2. The molecule has 0 heterocycles. The molecule has 5 heteroatoms. The lowest BCUT2D eigenvalue weighted by Gasteiger charge is -2.29. The van der Waals surface area contributed by atoms with Crippen LogP contribution >= 0.6 is 23.2 Å². The van der Waals surface area contributed by atoms with Crippen molar-refractivity contribution in [3.8, 4) is 0 Å². The van der Waals surface area contributed by atoms with E-state index in [1.807, 2.05) is 13.8 Å².